The lowest BCUT2D eigenvalue weighted by molar-refractivity contribution is 0.0990. The molecule has 5 aliphatic heterocycles. The van der Waals surface area contributed by atoms with Crippen molar-refractivity contribution >= 4 is 282 Å². The Morgan fingerprint density at radius 3 is 0.826 bits per heavy atom. The molecule has 15 heterocycles. The maximum Gasteiger partial charge on any atom is 0.339 e. The molecule has 0 atom stereocenters. The van der Waals surface area contributed by atoms with Crippen molar-refractivity contribution in [2.75, 3.05) is 159 Å². The van der Waals surface area contributed by atoms with Crippen LogP contribution in [-0.2, 0) is 40.0 Å². The number of amides is 5. The number of carbonyl (C=O) groups excluding carboxylic acids is 5. The van der Waals surface area contributed by atoms with Crippen molar-refractivity contribution in [3.8, 4) is 5.75 Å². The van der Waals surface area contributed by atoms with E-state index in [1.54, 1.807) is 167 Å². The molecule has 0 spiro atoms. The summed E-state index contributed by atoms with van der Waals surface area (Å²) >= 11 is 8.65. The zero-order valence-electron chi connectivity index (χ0n) is 78.0. The molecular formula is C93H85N27O14S10. The van der Waals surface area contributed by atoms with Crippen LogP contribution in [-0.4, -0.2) is 196 Å². The van der Waals surface area contributed by atoms with Crippen LogP contribution in [0.15, 0.2) is 264 Å². The van der Waals surface area contributed by atoms with Crippen LogP contribution < -0.4 is 90.0 Å². The minimum Gasteiger partial charge on any atom is -0.379 e. The predicted molar refractivity (Wildman–Crippen MR) is 566 cm³/mol. The van der Waals surface area contributed by atoms with Gasteiger partial charge in [0.1, 0.15) is 63.5 Å². The van der Waals surface area contributed by atoms with Crippen molar-refractivity contribution < 1.29 is 61.8 Å². The summed E-state index contributed by atoms with van der Waals surface area (Å²) in [6.07, 6.45) is 11.2. The van der Waals surface area contributed by atoms with Gasteiger partial charge in [0.25, 0.3) is 29.5 Å². The number of sulfone groups is 1. The van der Waals surface area contributed by atoms with E-state index < -0.39 is 40.0 Å². The van der Waals surface area contributed by atoms with E-state index in [1.807, 2.05) is 147 Å². The first-order valence-corrected chi connectivity index (χ1v) is 54.7. The second-order valence-electron chi connectivity index (χ2n) is 32.0. The van der Waals surface area contributed by atoms with Crippen molar-refractivity contribution in [1.29, 1.82) is 0 Å². The zero-order chi connectivity index (χ0) is 102. The number of primary sulfonamides is 2. The number of carbonyl (C=O) groups is 5. The smallest absolute Gasteiger partial charge is 0.339 e. The van der Waals surface area contributed by atoms with Crippen molar-refractivity contribution in [3.05, 3.63) is 264 Å². The number of nitrogens with one attached hydrogen (secondary N) is 5. The summed E-state index contributed by atoms with van der Waals surface area (Å²) in [5.41, 5.74) is 10.3. The lowest BCUT2D eigenvalue weighted by atomic mass is 10.3. The molecule has 51 heteroatoms. The van der Waals surface area contributed by atoms with E-state index in [4.69, 9.17) is 14.5 Å². The Labute approximate surface area is 850 Å². The molecule has 5 aliphatic rings. The van der Waals surface area contributed by atoms with Gasteiger partial charge in [-0.3, -0.25) is 24.0 Å². The van der Waals surface area contributed by atoms with Gasteiger partial charge in [-0.05, 0) is 191 Å². The number of para-hydroxylation sites is 1. The van der Waals surface area contributed by atoms with Gasteiger partial charge in [0, 0.05) is 110 Å². The molecule has 10 aromatic heterocycles. The number of fused-ring (bicyclic) bond motifs is 10. The third kappa shape index (κ3) is 20.9. The molecule has 41 nitrogen and oxygen atoms in total. The SMILES string of the molecule is CN1C(=O)c2sccc2N(C)c2nc(Nc3ccc(S(=O)(=O)Oc4ccccc4)cc3)ncc21.CN1C(=O)c2sccc2N(C)c2nc(Nc3ccc(S(C)(=O)=O)cc3)ncc21.CN1C(=O)c2sccc2N(C)c2nc(Nc3ccc(S(N)(=O)=O)cc3)ncc21.CN1C(=O)c2sccc2N(C)c2nc(Nc3cccc(S(N)(=O)=O)c3)ncc21.CSc1ccc(Nc2ncc3c(n2)N(C)c2ccsc2C(=O)N3C)cc1. The molecule has 6 aromatic carbocycles. The van der Waals surface area contributed by atoms with Crippen molar-refractivity contribution in [2.24, 2.45) is 10.3 Å². The Morgan fingerprint density at radius 2 is 0.556 bits per heavy atom. The quantitative estimate of drug-likeness (QED) is 0.0329. The lowest BCUT2D eigenvalue weighted by Gasteiger charge is -2.20. The molecule has 0 aliphatic carbocycles. The van der Waals surface area contributed by atoms with E-state index in [9.17, 15) is 57.6 Å². The van der Waals surface area contributed by atoms with Crippen molar-refractivity contribution in [1.82, 2.24) is 49.8 Å². The average molecular weight is 2130 g/mol. The number of benzene rings is 6. The zero-order valence-corrected chi connectivity index (χ0v) is 86.2. The summed E-state index contributed by atoms with van der Waals surface area (Å²) in [5, 5.41) is 35.1. The van der Waals surface area contributed by atoms with Gasteiger partial charge in [-0.2, -0.15) is 33.3 Å². The van der Waals surface area contributed by atoms with Gasteiger partial charge in [-0.1, -0.05) is 24.3 Å². The first-order valence-electron chi connectivity index (χ1n) is 42.6. The summed E-state index contributed by atoms with van der Waals surface area (Å²) in [5.74, 6) is 4.44. The summed E-state index contributed by atoms with van der Waals surface area (Å²) in [6, 6.07) is 50.3. The molecule has 736 valence electrons. The summed E-state index contributed by atoms with van der Waals surface area (Å²) in [6.45, 7) is 0. The number of anilines is 25. The second kappa shape index (κ2) is 40.8. The molecule has 9 N–H and O–H groups in total. The minimum atomic E-state index is -3.96. The molecular weight excluding hydrogens is 2040 g/mol. The Hall–Kier alpha value is -15.6. The number of hydrogen-bond acceptors (Lipinski definition) is 40. The first-order chi connectivity index (χ1) is 68.7. The first kappa shape index (κ1) is 100.0. The molecule has 144 heavy (non-hydrogen) atoms. The molecule has 0 radical (unpaired) electrons. The molecule has 0 unspecified atom stereocenters. The fourth-order valence-corrected chi connectivity index (χ4v) is 22.5. The Bertz CT molecular complexity index is 7980. The van der Waals surface area contributed by atoms with E-state index in [-0.39, 0.29) is 60.8 Å². The fraction of sp³-hybridized carbons (Fsp3) is 0.129. The summed E-state index contributed by atoms with van der Waals surface area (Å²) in [7, 11) is 3.01. The summed E-state index contributed by atoms with van der Waals surface area (Å²) < 4.78 is 99.2. The molecule has 0 saturated heterocycles. The number of hydrogen-bond donors (Lipinski definition) is 7. The molecule has 0 saturated carbocycles. The summed E-state index contributed by atoms with van der Waals surface area (Å²) in [4.78, 5) is 130. The largest absolute Gasteiger partial charge is 0.379 e. The predicted octanol–water partition coefficient (Wildman–Crippen LogP) is 16.4. The number of sulfonamides is 2. The van der Waals surface area contributed by atoms with E-state index in [1.165, 1.54) is 125 Å². The molecule has 16 aromatic rings. The number of thioether (sulfide) groups is 1. The van der Waals surface area contributed by atoms with Crippen LogP contribution in [0, 0.1) is 0 Å². The highest BCUT2D eigenvalue weighted by Gasteiger charge is 2.37. The number of rotatable bonds is 17. The van der Waals surface area contributed by atoms with Gasteiger partial charge in [-0.25, -0.2) is 60.5 Å². The van der Waals surface area contributed by atoms with Crippen LogP contribution in [0.25, 0.3) is 0 Å². The highest BCUT2D eigenvalue weighted by Crippen LogP contribution is 2.47. The standard InChI is InChI=1S/C23H19N5O4S2.C18H17N5O3S2.C18H17N5OS2.2C17H16N6O3S2/c1-27-18-12-13-33-20(18)22(29)28(2)19-14-24-23(26-21(19)27)25-15-8-10-17(11-9-15)34(30,31)32-16-6-4-3-5-7-16;1-22-13-8-9-27-15(13)17(24)23(2)14-10-19-18(21-16(14)22)20-11-4-6-12(7-5-11)28(3,25)26;1-22-13-8-9-26-15(13)17(24)23(2)14-10-19-18(21-16(14)22)20-11-4-6-12(25-3)7-5-11;1-22-12-7-8-27-14(12)16(24)23(2)13-9-19-17(21-15(13)22)20-10-3-5-11(6-4-10)28(18,25)26;1-22-12-6-7-27-14(12)16(24)23(2)13-9-19-17(21-15(13)22)20-10-4-3-5-11(8-10)28(18,25)26/h3-14H,1-2H3,(H,24,25,26);4-10H,1-3H3,(H,19,20,21);4-10H,1-3H3,(H,19,20,21);2*3-9H,1-2H3,(H2,18,25,26)(H,19,20,21). The van der Waals surface area contributed by atoms with Crippen LogP contribution >= 0.6 is 68.4 Å². The number of nitrogens with zero attached hydrogens (tertiary/aromatic N) is 20. The lowest BCUT2D eigenvalue weighted by Crippen LogP contribution is -2.25. The molecule has 21 rings (SSSR count). The van der Waals surface area contributed by atoms with Crippen LogP contribution in [0.3, 0.4) is 0 Å². The van der Waals surface area contributed by atoms with Crippen LogP contribution in [0.4, 0.5) is 144 Å². The van der Waals surface area contributed by atoms with Crippen molar-refractivity contribution in [3.63, 3.8) is 0 Å². The molecule has 5 amide bonds. The number of nitrogens with two attached hydrogens (primary N) is 2. The van der Waals surface area contributed by atoms with Gasteiger partial charge in [0.15, 0.2) is 38.9 Å². The third-order valence-corrected chi connectivity index (χ3v) is 32.2. The Kier molecular flexibility index (Phi) is 28.3. The average Bonchev–Trinajstić information content (AvgIpc) is 1.64. The van der Waals surface area contributed by atoms with Crippen molar-refractivity contribution in [2.45, 2.75) is 24.5 Å². The normalized spacial score (nSPS) is 13.5. The third-order valence-electron chi connectivity index (χ3n) is 22.8. The van der Waals surface area contributed by atoms with Gasteiger partial charge in [0.05, 0.1) is 74.1 Å². The maximum absolute atomic E-state index is 12.8. The Balaban J connectivity index is 0.000000124. The van der Waals surface area contributed by atoms with Gasteiger partial charge in [-0.15, -0.1) is 68.4 Å². The highest BCUT2D eigenvalue weighted by atomic mass is 32.2. The molecule has 0 bridgehead atoms. The van der Waals surface area contributed by atoms with Gasteiger partial charge in [0.2, 0.25) is 49.8 Å². The maximum atomic E-state index is 12.8. The van der Waals surface area contributed by atoms with Gasteiger partial charge >= 0.3 is 10.1 Å². The molecule has 0 fully saturated rings. The van der Waals surface area contributed by atoms with Crippen LogP contribution in [0.5, 0.6) is 5.75 Å². The number of thiophene rings is 5. The second-order valence-corrected chi connectivity index (χ2v) is 44.1. The van der Waals surface area contributed by atoms with E-state index in [0.29, 0.717) is 128 Å². The highest BCUT2D eigenvalue weighted by molar-refractivity contribution is 7.98. The van der Waals surface area contributed by atoms with Crippen LogP contribution in [0.1, 0.15) is 48.4 Å². The number of aromatic nitrogens is 10. The Morgan fingerprint density at radius 1 is 0.292 bits per heavy atom. The van der Waals surface area contributed by atoms with E-state index in [0.717, 1.165) is 40.4 Å². The topological polar surface area (TPSA) is 505 Å². The minimum absolute atomic E-state index is 0.0161. The van der Waals surface area contributed by atoms with Gasteiger partial charge < -0.3 is 79.8 Å². The van der Waals surface area contributed by atoms with E-state index >= 15 is 0 Å². The van der Waals surface area contributed by atoms with Crippen LogP contribution in [0.2, 0.25) is 0 Å². The van der Waals surface area contributed by atoms with E-state index in [2.05, 4.69) is 76.4 Å². The fourth-order valence-electron chi connectivity index (χ4n) is 15.0. The monoisotopic (exact) mass is 2120 g/mol.